The minimum absolute atomic E-state index is 0.0584. The van der Waals surface area contributed by atoms with Crippen molar-refractivity contribution in [2.24, 2.45) is 0 Å². The lowest BCUT2D eigenvalue weighted by Gasteiger charge is -2.41. The Labute approximate surface area is 176 Å². The van der Waals surface area contributed by atoms with Gasteiger partial charge in [0.15, 0.2) is 9.84 Å². The third kappa shape index (κ3) is 4.85. The van der Waals surface area contributed by atoms with Crippen LogP contribution in [0.1, 0.15) is 39.0 Å². The topological polar surface area (TPSA) is 52.6 Å². The molecule has 4 atom stereocenters. The van der Waals surface area contributed by atoms with Crippen LogP contribution in [0.25, 0.3) is 0 Å². The summed E-state index contributed by atoms with van der Waals surface area (Å²) >= 11 is 2.37. The van der Waals surface area contributed by atoms with Crippen LogP contribution >= 0.6 is 22.6 Å². The van der Waals surface area contributed by atoms with E-state index in [1.54, 1.807) is 24.3 Å². The van der Waals surface area contributed by atoms with E-state index < -0.39 is 9.84 Å². The third-order valence-corrected chi connectivity index (χ3v) is 8.60. The standard InChI is InChI=1S/C21H27IO4S/c1-3-16(2)13-17-9-10-20-21(15-22,26-17)14-18(25-20)11-12-27(23,24)19-7-5-4-6-8-19/h4-8,17-18,20H,1,9-15H2,2H3. The predicted octanol–water partition coefficient (Wildman–Crippen LogP) is 4.48. The maximum absolute atomic E-state index is 12.6. The van der Waals surface area contributed by atoms with E-state index in [0.717, 1.165) is 35.7 Å². The van der Waals surface area contributed by atoms with Gasteiger partial charge in [-0.15, -0.1) is 5.73 Å². The van der Waals surface area contributed by atoms with Gasteiger partial charge in [-0.05, 0) is 43.9 Å². The van der Waals surface area contributed by atoms with Gasteiger partial charge in [0.2, 0.25) is 0 Å². The molecule has 0 saturated carbocycles. The summed E-state index contributed by atoms with van der Waals surface area (Å²) in [5.74, 6) is 0.105. The summed E-state index contributed by atoms with van der Waals surface area (Å²) in [5.41, 5.74) is 3.77. The lowest BCUT2D eigenvalue weighted by Crippen LogP contribution is -2.49. The first kappa shape index (κ1) is 21.1. The van der Waals surface area contributed by atoms with Gasteiger partial charge in [-0.1, -0.05) is 47.4 Å². The maximum atomic E-state index is 12.6. The molecule has 2 aliphatic heterocycles. The molecule has 4 unspecified atom stereocenters. The van der Waals surface area contributed by atoms with Gasteiger partial charge in [0, 0.05) is 17.3 Å². The van der Waals surface area contributed by atoms with Crippen LogP contribution in [0.4, 0.5) is 0 Å². The molecular formula is C21H27IO4S. The average Bonchev–Trinajstić information content (AvgIpc) is 3.05. The molecule has 0 bridgehead atoms. The van der Waals surface area contributed by atoms with E-state index in [4.69, 9.17) is 9.47 Å². The summed E-state index contributed by atoms with van der Waals surface area (Å²) in [6, 6.07) is 8.64. The van der Waals surface area contributed by atoms with Gasteiger partial charge in [0.25, 0.3) is 0 Å². The second-order valence-corrected chi connectivity index (χ2v) is 10.4. The van der Waals surface area contributed by atoms with Crippen molar-refractivity contribution in [1.29, 1.82) is 0 Å². The Kier molecular flexibility index (Phi) is 6.85. The molecule has 0 spiro atoms. The van der Waals surface area contributed by atoms with Crippen molar-refractivity contribution in [3.05, 3.63) is 48.2 Å². The van der Waals surface area contributed by atoms with Gasteiger partial charge in [-0.2, -0.15) is 0 Å². The number of hydrogen-bond donors (Lipinski definition) is 0. The zero-order valence-corrected chi connectivity index (χ0v) is 18.7. The fourth-order valence-corrected chi connectivity index (χ4v) is 6.40. The van der Waals surface area contributed by atoms with Crippen molar-refractivity contribution in [2.75, 3.05) is 10.2 Å². The SMILES string of the molecule is C=C=C(C)CC1CCC2OC(CCS(=O)(=O)c3ccccc3)CC2(CI)O1. The summed E-state index contributed by atoms with van der Waals surface area (Å²) in [4.78, 5) is 0.381. The Hall–Kier alpha value is -0.660. The van der Waals surface area contributed by atoms with Crippen LogP contribution in [-0.4, -0.2) is 42.5 Å². The van der Waals surface area contributed by atoms with Gasteiger partial charge in [-0.3, -0.25) is 0 Å². The van der Waals surface area contributed by atoms with Crippen molar-refractivity contribution in [3.63, 3.8) is 0 Å². The third-order valence-electron chi connectivity index (χ3n) is 5.54. The van der Waals surface area contributed by atoms with E-state index >= 15 is 0 Å². The smallest absolute Gasteiger partial charge is 0.178 e. The maximum Gasteiger partial charge on any atom is 0.178 e. The van der Waals surface area contributed by atoms with Crippen LogP contribution in [-0.2, 0) is 19.3 Å². The Bertz CT molecular complexity index is 801. The monoisotopic (exact) mass is 502 g/mol. The quantitative estimate of drug-likeness (QED) is 0.314. The number of benzene rings is 1. The highest BCUT2D eigenvalue weighted by Crippen LogP contribution is 2.44. The predicted molar refractivity (Wildman–Crippen MR) is 115 cm³/mol. The Balaban J connectivity index is 1.63. The fourth-order valence-electron chi connectivity index (χ4n) is 4.04. The molecule has 6 heteroatoms. The first-order chi connectivity index (χ1) is 12.9. The van der Waals surface area contributed by atoms with Gasteiger partial charge in [-0.25, -0.2) is 8.42 Å². The molecule has 0 aromatic heterocycles. The molecule has 2 fully saturated rings. The van der Waals surface area contributed by atoms with Crippen molar-refractivity contribution in [3.8, 4) is 0 Å². The highest BCUT2D eigenvalue weighted by atomic mass is 127. The van der Waals surface area contributed by atoms with E-state index in [0.29, 0.717) is 11.3 Å². The van der Waals surface area contributed by atoms with Gasteiger partial charge < -0.3 is 9.47 Å². The number of sulfone groups is 1. The summed E-state index contributed by atoms with van der Waals surface area (Å²) < 4.78 is 38.7. The fraction of sp³-hybridized carbons (Fsp3) is 0.571. The summed E-state index contributed by atoms with van der Waals surface area (Å²) in [6.45, 7) is 5.74. The molecular weight excluding hydrogens is 475 g/mol. The average molecular weight is 502 g/mol. The summed E-state index contributed by atoms with van der Waals surface area (Å²) in [5, 5.41) is 0. The van der Waals surface area contributed by atoms with E-state index in [9.17, 15) is 8.42 Å². The minimum Gasteiger partial charge on any atom is -0.372 e. The lowest BCUT2D eigenvalue weighted by molar-refractivity contribution is -0.151. The summed E-state index contributed by atoms with van der Waals surface area (Å²) in [6.07, 6.45) is 4.19. The molecule has 0 N–H and O–H groups in total. The molecule has 148 valence electrons. The zero-order valence-electron chi connectivity index (χ0n) is 15.7. The number of hydrogen-bond acceptors (Lipinski definition) is 4. The van der Waals surface area contributed by atoms with Crippen LogP contribution in [0.5, 0.6) is 0 Å². The Morgan fingerprint density at radius 1 is 1.30 bits per heavy atom. The van der Waals surface area contributed by atoms with Crippen molar-refractivity contribution < 1.29 is 17.9 Å². The van der Waals surface area contributed by atoms with Crippen LogP contribution in [0.3, 0.4) is 0 Å². The van der Waals surface area contributed by atoms with E-state index in [2.05, 4.69) is 34.9 Å². The number of halogens is 1. The highest BCUT2D eigenvalue weighted by Gasteiger charge is 2.52. The molecule has 4 nitrogen and oxygen atoms in total. The number of alkyl halides is 1. The molecule has 2 heterocycles. The van der Waals surface area contributed by atoms with Crippen molar-refractivity contribution >= 4 is 32.4 Å². The molecule has 0 aliphatic carbocycles. The normalized spacial score (nSPS) is 30.5. The van der Waals surface area contributed by atoms with Gasteiger partial charge in [0.1, 0.15) is 5.60 Å². The van der Waals surface area contributed by atoms with E-state index in [1.807, 2.05) is 13.0 Å². The lowest BCUT2D eigenvalue weighted by atomic mass is 9.87. The van der Waals surface area contributed by atoms with Crippen LogP contribution in [0.2, 0.25) is 0 Å². The number of ether oxygens (including phenoxy) is 2. The molecule has 1 aromatic carbocycles. The Morgan fingerprint density at radius 2 is 2.04 bits per heavy atom. The summed E-state index contributed by atoms with van der Waals surface area (Å²) in [7, 11) is -3.28. The van der Waals surface area contributed by atoms with Crippen LogP contribution in [0, 0.1) is 0 Å². The molecule has 0 amide bonds. The second kappa shape index (κ2) is 8.78. The van der Waals surface area contributed by atoms with E-state index in [-0.39, 0.29) is 29.7 Å². The van der Waals surface area contributed by atoms with Crippen LogP contribution in [0.15, 0.2) is 53.1 Å². The van der Waals surface area contributed by atoms with Crippen molar-refractivity contribution in [1.82, 2.24) is 0 Å². The molecule has 1 aromatic rings. The van der Waals surface area contributed by atoms with Gasteiger partial charge >= 0.3 is 0 Å². The highest BCUT2D eigenvalue weighted by molar-refractivity contribution is 14.1. The Morgan fingerprint density at radius 3 is 2.70 bits per heavy atom. The number of fused-ring (bicyclic) bond motifs is 1. The minimum atomic E-state index is -3.28. The first-order valence-corrected chi connectivity index (χ1v) is 12.6. The largest absolute Gasteiger partial charge is 0.372 e. The van der Waals surface area contributed by atoms with Crippen molar-refractivity contribution in [2.45, 2.75) is 67.8 Å². The molecule has 2 saturated heterocycles. The first-order valence-electron chi connectivity index (χ1n) is 9.41. The molecule has 27 heavy (non-hydrogen) atoms. The molecule has 0 radical (unpaired) electrons. The molecule has 2 aliphatic rings. The van der Waals surface area contributed by atoms with Crippen LogP contribution < -0.4 is 0 Å². The second-order valence-electron chi connectivity index (χ2n) is 7.55. The number of rotatable bonds is 7. The van der Waals surface area contributed by atoms with E-state index in [1.165, 1.54) is 0 Å². The van der Waals surface area contributed by atoms with Gasteiger partial charge in [0.05, 0.1) is 29.0 Å². The molecule has 3 rings (SSSR count). The zero-order chi connectivity index (χ0) is 19.5.